The standard InChI is InChI=1S/C20H25NO4/c1-24-19-4-2-3-5-20(19)25-18-8-6-15(7-9-18)11-21-12-16(13-22)10-17(21)14-23/h2-9,16-17,22-23H,10-14H2,1H3. The second kappa shape index (κ2) is 8.34. The van der Waals surface area contributed by atoms with Gasteiger partial charge < -0.3 is 19.7 Å². The second-order valence-electron chi connectivity index (χ2n) is 6.45. The van der Waals surface area contributed by atoms with Gasteiger partial charge in [0, 0.05) is 25.7 Å². The number of aliphatic hydroxyl groups excluding tert-OH is 2. The maximum Gasteiger partial charge on any atom is 0.169 e. The molecule has 1 aliphatic heterocycles. The highest BCUT2D eigenvalue weighted by atomic mass is 16.5. The largest absolute Gasteiger partial charge is 0.493 e. The molecular formula is C20H25NO4. The molecule has 5 heteroatoms. The van der Waals surface area contributed by atoms with Gasteiger partial charge in [-0.15, -0.1) is 0 Å². The van der Waals surface area contributed by atoms with Gasteiger partial charge in [-0.1, -0.05) is 24.3 Å². The summed E-state index contributed by atoms with van der Waals surface area (Å²) in [5.41, 5.74) is 1.16. The molecule has 1 aliphatic rings. The third-order valence-corrected chi connectivity index (χ3v) is 4.69. The molecule has 2 N–H and O–H groups in total. The SMILES string of the molecule is COc1ccccc1Oc1ccc(CN2CC(CO)CC2CO)cc1. The predicted molar refractivity (Wildman–Crippen MR) is 96.0 cm³/mol. The van der Waals surface area contributed by atoms with E-state index in [1.165, 1.54) is 0 Å². The first-order valence-electron chi connectivity index (χ1n) is 8.59. The van der Waals surface area contributed by atoms with E-state index in [0.717, 1.165) is 30.8 Å². The lowest BCUT2D eigenvalue weighted by atomic mass is 10.1. The average Bonchev–Trinajstić information content (AvgIpc) is 3.06. The van der Waals surface area contributed by atoms with Crippen molar-refractivity contribution in [3.63, 3.8) is 0 Å². The van der Waals surface area contributed by atoms with Gasteiger partial charge in [-0.05, 0) is 42.2 Å². The molecule has 2 atom stereocenters. The summed E-state index contributed by atoms with van der Waals surface area (Å²) >= 11 is 0. The summed E-state index contributed by atoms with van der Waals surface area (Å²) in [6, 6.07) is 15.6. The molecule has 0 radical (unpaired) electrons. The molecule has 0 amide bonds. The lowest BCUT2D eigenvalue weighted by Crippen LogP contribution is -2.31. The fourth-order valence-electron chi connectivity index (χ4n) is 3.33. The normalized spacial score (nSPS) is 20.6. The Balaban J connectivity index is 1.64. The van der Waals surface area contributed by atoms with Crippen molar-refractivity contribution in [3.8, 4) is 17.2 Å². The van der Waals surface area contributed by atoms with Gasteiger partial charge in [0.15, 0.2) is 11.5 Å². The Morgan fingerprint density at radius 1 is 1.00 bits per heavy atom. The second-order valence-corrected chi connectivity index (χ2v) is 6.45. The van der Waals surface area contributed by atoms with E-state index in [2.05, 4.69) is 4.90 Å². The molecule has 0 aromatic heterocycles. The van der Waals surface area contributed by atoms with Crippen LogP contribution < -0.4 is 9.47 Å². The number of likely N-dealkylation sites (tertiary alicyclic amines) is 1. The van der Waals surface area contributed by atoms with Gasteiger partial charge in [-0.3, -0.25) is 4.90 Å². The minimum Gasteiger partial charge on any atom is -0.493 e. The summed E-state index contributed by atoms with van der Waals surface area (Å²) < 4.78 is 11.2. The zero-order chi connectivity index (χ0) is 17.6. The fourth-order valence-corrected chi connectivity index (χ4v) is 3.33. The third kappa shape index (κ3) is 4.31. The van der Waals surface area contributed by atoms with Crippen molar-refractivity contribution < 1.29 is 19.7 Å². The first-order chi connectivity index (χ1) is 12.2. The van der Waals surface area contributed by atoms with E-state index in [-0.39, 0.29) is 25.2 Å². The molecule has 1 heterocycles. The van der Waals surface area contributed by atoms with Crippen LogP contribution in [-0.4, -0.2) is 48.0 Å². The van der Waals surface area contributed by atoms with Gasteiger partial charge in [0.1, 0.15) is 5.75 Å². The van der Waals surface area contributed by atoms with E-state index in [9.17, 15) is 10.2 Å². The van der Waals surface area contributed by atoms with E-state index >= 15 is 0 Å². The van der Waals surface area contributed by atoms with Crippen molar-refractivity contribution in [1.29, 1.82) is 0 Å². The van der Waals surface area contributed by atoms with Crippen molar-refractivity contribution in [3.05, 3.63) is 54.1 Å². The van der Waals surface area contributed by atoms with Crippen LogP contribution in [0.3, 0.4) is 0 Å². The number of para-hydroxylation sites is 2. The summed E-state index contributed by atoms with van der Waals surface area (Å²) in [6.07, 6.45) is 0.849. The molecule has 5 nitrogen and oxygen atoms in total. The highest BCUT2D eigenvalue weighted by Crippen LogP contribution is 2.31. The Morgan fingerprint density at radius 3 is 2.36 bits per heavy atom. The molecule has 1 fully saturated rings. The number of benzene rings is 2. The summed E-state index contributed by atoms with van der Waals surface area (Å²) in [5.74, 6) is 2.39. The minimum absolute atomic E-state index is 0.127. The number of aliphatic hydroxyl groups is 2. The van der Waals surface area contributed by atoms with E-state index in [4.69, 9.17) is 9.47 Å². The van der Waals surface area contributed by atoms with Crippen molar-refractivity contribution in [2.24, 2.45) is 5.92 Å². The van der Waals surface area contributed by atoms with Crippen LogP contribution in [0.5, 0.6) is 17.2 Å². The molecule has 0 bridgehead atoms. The number of hydrogen-bond acceptors (Lipinski definition) is 5. The van der Waals surface area contributed by atoms with Gasteiger partial charge in [-0.25, -0.2) is 0 Å². The Hall–Kier alpha value is -2.08. The van der Waals surface area contributed by atoms with E-state index in [1.807, 2.05) is 48.5 Å². The molecule has 3 rings (SSSR count). The smallest absolute Gasteiger partial charge is 0.169 e. The Labute approximate surface area is 148 Å². The van der Waals surface area contributed by atoms with Crippen LogP contribution in [-0.2, 0) is 6.54 Å². The van der Waals surface area contributed by atoms with Crippen LogP contribution in [0.15, 0.2) is 48.5 Å². The monoisotopic (exact) mass is 343 g/mol. The average molecular weight is 343 g/mol. The minimum atomic E-state index is 0.127. The lowest BCUT2D eigenvalue weighted by molar-refractivity contribution is 0.152. The molecular weight excluding hydrogens is 318 g/mol. The summed E-state index contributed by atoms with van der Waals surface area (Å²) in [6.45, 7) is 1.89. The van der Waals surface area contributed by atoms with E-state index in [0.29, 0.717) is 11.5 Å². The highest BCUT2D eigenvalue weighted by molar-refractivity contribution is 5.43. The number of ether oxygens (including phenoxy) is 2. The molecule has 134 valence electrons. The Bertz CT molecular complexity index is 674. The maximum atomic E-state index is 9.53. The molecule has 1 saturated heterocycles. The summed E-state index contributed by atoms with van der Waals surface area (Å²) in [7, 11) is 1.62. The van der Waals surface area contributed by atoms with Gasteiger partial charge in [0.2, 0.25) is 0 Å². The predicted octanol–water partition coefficient (Wildman–Crippen LogP) is 2.66. The van der Waals surface area contributed by atoms with Crippen molar-refractivity contribution >= 4 is 0 Å². The van der Waals surface area contributed by atoms with Gasteiger partial charge in [0.25, 0.3) is 0 Å². The molecule has 0 spiro atoms. The van der Waals surface area contributed by atoms with E-state index < -0.39 is 0 Å². The number of hydrogen-bond donors (Lipinski definition) is 2. The number of rotatable bonds is 7. The number of nitrogens with zero attached hydrogens (tertiary/aromatic N) is 1. The molecule has 2 aromatic rings. The van der Waals surface area contributed by atoms with Crippen LogP contribution in [0.1, 0.15) is 12.0 Å². The first-order valence-corrected chi connectivity index (χ1v) is 8.59. The Morgan fingerprint density at radius 2 is 1.72 bits per heavy atom. The van der Waals surface area contributed by atoms with Gasteiger partial charge >= 0.3 is 0 Å². The van der Waals surface area contributed by atoms with Crippen LogP contribution in [0, 0.1) is 5.92 Å². The number of methoxy groups -OCH3 is 1. The zero-order valence-electron chi connectivity index (χ0n) is 14.5. The van der Waals surface area contributed by atoms with Crippen LogP contribution in [0.4, 0.5) is 0 Å². The Kier molecular flexibility index (Phi) is 5.91. The quantitative estimate of drug-likeness (QED) is 0.809. The first kappa shape index (κ1) is 17.7. The van der Waals surface area contributed by atoms with Gasteiger partial charge in [-0.2, -0.15) is 0 Å². The zero-order valence-corrected chi connectivity index (χ0v) is 14.5. The van der Waals surface area contributed by atoms with Crippen LogP contribution >= 0.6 is 0 Å². The highest BCUT2D eigenvalue weighted by Gasteiger charge is 2.30. The molecule has 0 saturated carbocycles. The summed E-state index contributed by atoms with van der Waals surface area (Å²) in [4.78, 5) is 2.23. The third-order valence-electron chi connectivity index (χ3n) is 4.69. The molecule has 2 unspecified atom stereocenters. The fraction of sp³-hybridized carbons (Fsp3) is 0.400. The van der Waals surface area contributed by atoms with Crippen molar-refractivity contribution in [2.75, 3.05) is 26.9 Å². The topological polar surface area (TPSA) is 62.2 Å². The van der Waals surface area contributed by atoms with Crippen molar-refractivity contribution in [1.82, 2.24) is 4.90 Å². The molecule has 25 heavy (non-hydrogen) atoms. The lowest BCUT2D eigenvalue weighted by Gasteiger charge is -2.22. The van der Waals surface area contributed by atoms with Crippen LogP contribution in [0.25, 0.3) is 0 Å². The molecule has 2 aromatic carbocycles. The van der Waals surface area contributed by atoms with Crippen LogP contribution in [0.2, 0.25) is 0 Å². The summed E-state index contributed by atoms with van der Waals surface area (Å²) in [5, 5.41) is 18.9. The van der Waals surface area contributed by atoms with E-state index in [1.54, 1.807) is 7.11 Å². The maximum absolute atomic E-state index is 9.53. The van der Waals surface area contributed by atoms with Crippen molar-refractivity contribution in [2.45, 2.75) is 19.0 Å². The van der Waals surface area contributed by atoms with Gasteiger partial charge in [0.05, 0.1) is 13.7 Å². The molecule has 0 aliphatic carbocycles.